The first-order valence-electron chi connectivity index (χ1n) is 6.71. The summed E-state index contributed by atoms with van der Waals surface area (Å²) in [5.74, 6) is 0.844. The van der Waals surface area contributed by atoms with Gasteiger partial charge in [0.15, 0.2) is 0 Å². The molecule has 0 aromatic heterocycles. The van der Waals surface area contributed by atoms with E-state index in [1.165, 1.54) is 6.42 Å². The van der Waals surface area contributed by atoms with Crippen molar-refractivity contribution in [3.63, 3.8) is 0 Å². The van der Waals surface area contributed by atoms with Crippen LogP contribution in [0.15, 0.2) is 0 Å². The summed E-state index contributed by atoms with van der Waals surface area (Å²) in [4.78, 5) is 25.8. The maximum Gasteiger partial charge on any atom is 0.245 e. The first-order chi connectivity index (χ1) is 8.11. The first-order valence-corrected chi connectivity index (χ1v) is 6.71. The number of amides is 2. The van der Waals surface area contributed by atoms with E-state index in [2.05, 4.69) is 12.2 Å². The van der Waals surface area contributed by atoms with Crippen LogP contribution in [0.25, 0.3) is 0 Å². The smallest absolute Gasteiger partial charge is 0.245 e. The molecule has 1 saturated carbocycles. The molecule has 4 nitrogen and oxygen atoms in total. The van der Waals surface area contributed by atoms with Gasteiger partial charge in [0.1, 0.15) is 6.04 Å². The maximum atomic E-state index is 12.3. The Bertz CT molecular complexity index is 317. The van der Waals surface area contributed by atoms with Crippen LogP contribution in [0.2, 0.25) is 0 Å². The summed E-state index contributed by atoms with van der Waals surface area (Å²) in [6.07, 6.45) is 4.52. The Morgan fingerprint density at radius 2 is 2.12 bits per heavy atom. The Labute approximate surface area is 103 Å². The summed E-state index contributed by atoms with van der Waals surface area (Å²) in [6, 6.07) is 0.0557. The molecule has 0 spiro atoms. The van der Waals surface area contributed by atoms with E-state index in [1.807, 2.05) is 11.8 Å². The normalized spacial score (nSPS) is 34.7. The highest BCUT2D eigenvalue weighted by molar-refractivity contribution is 5.90. The lowest BCUT2D eigenvalue weighted by Gasteiger charge is -2.29. The molecule has 0 bridgehead atoms. The molecular weight excluding hydrogens is 216 g/mol. The molecule has 1 saturated heterocycles. The lowest BCUT2D eigenvalue weighted by atomic mass is 10.1. The molecule has 1 aliphatic heterocycles. The number of hydrogen-bond acceptors (Lipinski definition) is 2. The Hall–Kier alpha value is -1.06. The molecule has 17 heavy (non-hydrogen) atoms. The van der Waals surface area contributed by atoms with Crippen LogP contribution in [0.3, 0.4) is 0 Å². The van der Waals surface area contributed by atoms with Crippen LogP contribution in [0.5, 0.6) is 0 Å². The van der Waals surface area contributed by atoms with Gasteiger partial charge in [-0.1, -0.05) is 13.8 Å². The molecule has 2 fully saturated rings. The summed E-state index contributed by atoms with van der Waals surface area (Å²) in [6.45, 7) is 4.78. The topological polar surface area (TPSA) is 49.4 Å². The van der Waals surface area contributed by atoms with Crippen LogP contribution < -0.4 is 5.32 Å². The van der Waals surface area contributed by atoms with Crippen molar-refractivity contribution in [1.29, 1.82) is 0 Å². The highest BCUT2D eigenvalue weighted by Gasteiger charge is 2.35. The van der Waals surface area contributed by atoms with Gasteiger partial charge in [-0.05, 0) is 31.6 Å². The van der Waals surface area contributed by atoms with Crippen molar-refractivity contribution in [1.82, 2.24) is 10.2 Å². The van der Waals surface area contributed by atoms with E-state index in [0.29, 0.717) is 31.3 Å². The molecular formula is C13H22N2O2. The van der Waals surface area contributed by atoms with Gasteiger partial charge in [-0.3, -0.25) is 9.59 Å². The molecule has 1 heterocycles. The molecule has 0 aromatic rings. The van der Waals surface area contributed by atoms with Crippen LogP contribution in [0.1, 0.15) is 46.0 Å². The van der Waals surface area contributed by atoms with Crippen LogP contribution in [0, 0.1) is 5.92 Å². The van der Waals surface area contributed by atoms with Crippen molar-refractivity contribution in [2.75, 3.05) is 6.54 Å². The van der Waals surface area contributed by atoms with Crippen molar-refractivity contribution in [3.05, 3.63) is 0 Å². The fourth-order valence-electron chi connectivity index (χ4n) is 2.96. The van der Waals surface area contributed by atoms with E-state index in [1.54, 1.807) is 0 Å². The second kappa shape index (κ2) is 5.07. The highest BCUT2D eigenvalue weighted by atomic mass is 16.2. The maximum absolute atomic E-state index is 12.3. The van der Waals surface area contributed by atoms with Gasteiger partial charge < -0.3 is 10.2 Å². The fourth-order valence-corrected chi connectivity index (χ4v) is 2.96. The van der Waals surface area contributed by atoms with Crippen molar-refractivity contribution >= 4 is 11.8 Å². The van der Waals surface area contributed by atoms with Gasteiger partial charge in [0.2, 0.25) is 11.8 Å². The van der Waals surface area contributed by atoms with E-state index < -0.39 is 0 Å². The van der Waals surface area contributed by atoms with Gasteiger partial charge in [0.25, 0.3) is 0 Å². The lowest BCUT2D eigenvalue weighted by Crippen LogP contribution is -2.47. The van der Waals surface area contributed by atoms with Gasteiger partial charge in [0, 0.05) is 19.0 Å². The average Bonchev–Trinajstić information content (AvgIpc) is 2.66. The minimum absolute atomic E-state index is 0.0127. The minimum Gasteiger partial charge on any atom is -0.344 e. The van der Waals surface area contributed by atoms with Gasteiger partial charge in [-0.25, -0.2) is 0 Å². The quantitative estimate of drug-likeness (QED) is 0.788. The SMILES string of the molecule is CCC1NC(=O)CCN(C2CCC(C)C2)C1=O. The number of nitrogens with one attached hydrogen (secondary N) is 1. The fraction of sp³-hybridized carbons (Fsp3) is 0.846. The standard InChI is InChI=1S/C13H22N2O2/c1-3-11-13(17)15(7-6-12(16)14-11)10-5-4-9(2)8-10/h9-11H,3-8H2,1-2H3,(H,14,16). The van der Waals surface area contributed by atoms with Crippen molar-refractivity contribution in [3.8, 4) is 0 Å². The Kier molecular flexibility index (Phi) is 3.69. The molecule has 0 radical (unpaired) electrons. The molecule has 96 valence electrons. The van der Waals surface area contributed by atoms with Gasteiger partial charge in [-0.2, -0.15) is 0 Å². The van der Waals surface area contributed by atoms with Crippen LogP contribution >= 0.6 is 0 Å². The lowest BCUT2D eigenvalue weighted by molar-refractivity contribution is -0.135. The van der Waals surface area contributed by atoms with Crippen LogP contribution in [0.4, 0.5) is 0 Å². The predicted octanol–water partition coefficient (Wildman–Crippen LogP) is 1.30. The van der Waals surface area contributed by atoms with E-state index in [-0.39, 0.29) is 17.9 Å². The molecule has 2 amide bonds. The van der Waals surface area contributed by atoms with E-state index in [4.69, 9.17) is 0 Å². The number of hydrogen-bond donors (Lipinski definition) is 1. The highest BCUT2D eigenvalue weighted by Crippen LogP contribution is 2.30. The Balaban J connectivity index is 2.09. The molecule has 0 aromatic carbocycles. The summed E-state index contributed by atoms with van der Waals surface area (Å²) in [7, 11) is 0. The minimum atomic E-state index is -0.305. The third-order valence-electron chi connectivity index (χ3n) is 4.01. The number of carbonyl (C=O) groups excluding carboxylic acids is 2. The van der Waals surface area contributed by atoms with Gasteiger partial charge in [-0.15, -0.1) is 0 Å². The first kappa shape index (κ1) is 12.4. The number of carbonyl (C=O) groups is 2. The molecule has 2 rings (SSSR count). The Morgan fingerprint density at radius 3 is 2.71 bits per heavy atom. The number of nitrogens with zero attached hydrogens (tertiary/aromatic N) is 1. The molecule has 1 aliphatic carbocycles. The molecule has 3 unspecified atom stereocenters. The Morgan fingerprint density at radius 1 is 1.35 bits per heavy atom. The third-order valence-corrected chi connectivity index (χ3v) is 4.01. The summed E-state index contributed by atoms with van der Waals surface area (Å²) < 4.78 is 0. The molecule has 4 heteroatoms. The third kappa shape index (κ3) is 2.61. The van der Waals surface area contributed by atoms with Crippen molar-refractivity contribution < 1.29 is 9.59 Å². The zero-order valence-corrected chi connectivity index (χ0v) is 10.7. The largest absolute Gasteiger partial charge is 0.344 e. The van der Waals surface area contributed by atoms with E-state index >= 15 is 0 Å². The van der Waals surface area contributed by atoms with Gasteiger partial charge in [0.05, 0.1) is 0 Å². The predicted molar refractivity (Wildman–Crippen MR) is 65.4 cm³/mol. The monoisotopic (exact) mass is 238 g/mol. The zero-order valence-electron chi connectivity index (χ0n) is 10.7. The summed E-state index contributed by atoms with van der Waals surface area (Å²) in [5.41, 5.74) is 0. The molecule has 3 atom stereocenters. The number of rotatable bonds is 2. The van der Waals surface area contributed by atoms with E-state index in [0.717, 1.165) is 12.8 Å². The zero-order chi connectivity index (χ0) is 12.4. The van der Waals surface area contributed by atoms with Crippen LogP contribution in [-0.2, 0) is 9.59 Å². The summed E-state index contributed by atoms with van der Waals surface area (Å²) >= 11 is 0. The van der Waals surface area contributed by atoms with Gasteiger partial charge >= 0.3 is 0 Å². The molecule has 2 aliphatic rings. The second-order valence-electron chi connectivity index (χ2n) is 5.38. The van der Waals surface area contributed by atoms with E-state index in [9.17, 15) is 9.59 Å². The molecule has 1 N–H and O–H groups in total. The van der Waals surface area contributed by atoms with Crippen LogP contribution in [-0.4, -0.2) is 35.3 Å². The van der Waals surface area contributed by atoms with Crippen molar-refractivity contribution in [2.24, 2.45) is 5.92 Å². The summed E-state index contributed by atoms with van der Waals surface area (Å²) in [5, 5.41) is 2.81. The average molecular weight is 238 g/mol. The second-order valence-corrected chi connectivity index (χ2v) is 5.38. The van der Waals surface area contributed by atoms with Crippen molar-refractivity contribution in [2.45, 2.75) is 58.0 Å².